The molecule has 0 amide bonds. The Morgan fingerprint density at radius 2 is 1.53 bits per heavy atom. The molecule has 0 spiro atoms. The minimum atomic E-state index is -0.129. The number of nitrogens with zero attached hydrogens (tertiary/aromatic N) is 8. The molecular formula is C26H22N8OS. The average molecular weight is 495 g/mol. The minimum Gasteiger partial charge on any atom is -0.268 e. The van der Waals surface area contributed by atoms with Crippen molar-refractivity contribution < 1.29 is 0 Å². The number of aromatic nitrogens is 8. The highest BCUT2D eigenvalue weighted by molar-refractivity contribution is 7.98. The van der Waals surface area contributed by atoms with E-state index < -0.39 is 0 Å². The Labute approximate surface area is 210 Å². The third-order valence-electron chi connectivity index (χ3n) is 6.27. The number of fused-ring (bicyclic) bond motifs is 3. The van der Waals surface area contributed by atoms with Crippen LogP contribution in [0.5, 0.6) is 0 Å². The van der Waals surface area contributed by atoms with Gasteiger partial charge in [0, 0.05) is 0 Å². The molecule has 0 saturated carbocycles. The van der Waals surface area contributed by atoms with Crippen molar-refractivity contribution >= 4 is 28.4 Å². The minimum absolute atomic E-state index is 0.129. The molecule has 0 radical (unpaired) electrons. The van der Waals surface area contributed by atoms with E-state index >= 15 is 0 Å². The summed E-state index contributed by atoms with van der Waals surface area (Å²) in [5.41, 5.74) is 5.54. The maximum Gasteiger partial charge on any atom is 0.267 e. The molecule has 0 bridgehead atoms. The first kappa shape index (κ1) is 22.2. The van der Waals surface area contributed by atoms with Gasteiger partial charge in [-0.15, -0.1) is 15.3 Å². The number of thioether (sulfide) groups is 1. The average Bonchev–Trinajstić information content (AvgIpc) is 3.51. The van der Waals surface area contributed by atoms with Gasteiger partial charge in [-0.1, -0.05) is 60.3 Å². The third kappa shape index (κ3) is 3.49. The van der Waals surface area contributed by atoms with Crippen LogP contribution >= 0.6 is 11.8 Å². The van der Waals surface area contributed by atoms with Crippen molar-refractivity contribution in [2.45, 2.75) is 31.7 Å². The number of benzene rings is 3. The second-order valence-corrected chi connectivity index (χ2v) is 9.54. The molecule has 6 aromatic rings. The molecule has 0 aliphatic carbocycles. The number of hydrogen-bond acceptors (Lipinski definition) is 7. The highest BCUT2D eigenvalue weighted by Crippen LogP contribution is 2.27. The van der Waals surface area contributed by atoms with Gasteiger partial charge < -0.3 is 0 Å². The fourth-order valence-electron chi connectivity index (χ4n) is 4.54. The molecule has 0 atom stereocenters. The summed E-state index contributed by atoms with van der Waals surface area (Å²) < 4.78 is 5.35. The van der Waals surface area contributed by atoms with Crippen LogP contribution in [0.25, 0.3) is 28.1 Å². The van der Waals surface area contributed by atoms with E-state index in [0.717, 1.165) is 33.6 Å². The highest BCUT2D eigenvalue weighted by atomic mass is 32.2. The van der Waals surface area contributed by atoms with E-state index in [0.29, 0.717) is 27.9 Å². The summed E-state index contributed by atoms with van der Waals surface area (Å²) in [4.78, 5) is 13.6. The van der Waals surface area contributed by atoms with E-state index in [1.165, 1.54) is 11.8 Å². The van der Waals surface area contributed by atoms with Crippen molar-refractivity contribution in [3.63, 3.8) is 0 Å². The largest absolute Gasteiger partial charge is 0.268 e. The standard InChI is InChI=1S/C26H22N8OS/c1-16-9-4-6-13-20(16)32-24(35)19-12-5-7-14-21(19)33-25(32)28-29-26(33)36-15-22-27-30-31-34(22)23-17(2)10-8-11-18(23)3/h4-14H,15H2,1-3H3. The second kappa shape index (κ2) is 8.72. The van der Waals surface area contributed by atoms with E-state index in [4.69, 9.17) is 0 Å². The second-order valence-electron chi connectivity index (χ2n) is 8.60. The highest BCUT2D eigenvalue weighted by Gasteiger charge is 2.20. The molecule has 3 aromatic heterocycles. The van der Waals surface area contributed by atoms with Gasteiger partial charge in [-0.25, -0.2) is 4.57 Å². The van der Waals surface area contributed by atoms with Gasteiger partial charge in [0.05, 0.1) is 28.0 Å². The van der Waals surface area contributed by atoms with Crippen molar-refractivity contribution in [2.24, 2.45) is 0 Å². The Hall–Kier alpha value is -4.31. The number of rotatable bonds is 5. The van der Waals surface area contributed by atoms with Gasteiger partial charge in [-0.3, -0.25) is 9.20 Å². The van der Waals surface area contributed by atoms with Crippen molar-refractivity contribution in [1.82, 2.24) is 39.4 Å². The van der Waals surface area contributed by atoms with Crippen LogP contribution in [0, 0.1) is 20.8 Å². The predicted molar refractivity (Wildman–Crippen MR) is 139 cm³/mol. The zero-order chi connectivity index (χ0) is 24.8. The van der Waals surface area contributed by atoms with Crippen LogP contribution < -0.4 is 5.56 Å². The number of tetrazole rings is 1. The first-order valence-corrected chi connectivity index (χ1v) is 12.4. The van der Waals surface area contributed by atoms with Crippen molar-refractivity contribution in [2.75, 3.05) is 0 Å². The van der Waals surface area contributed by atoms with Gasteiger partial charge in [-0.05, 0) is 66.1 Å². The molecule has 0 aliphatic rings. The quantitative estimate of drug-likeness (QED) is 0.331. The number of hydrogen-bond donors (Lipinski definition) is 0. The zero-order valence-corrected chi connectivity index (χ0v) is 20.8. The molecular weight excluding hydrogens is 472 g/mol. The van der Waals surface area contributed by atoms with Gasteiger partial charge in [0.15, 0.2) is 11.0 Å². The van der Waals surface area contributed by atoms with Crippen LogP contribution in [-0.4, -0.2) is 39.4 Å². The molecule has 178 valence electrons. The molecule has 36 heavy (non-hydrogen) atoms. The van der Waals surface area contributed by atoms with Crippen LogP contribution in [0.3, 0.4) is 0 Å². The maximum atomic E-state index is 13.6. The third-order valence-corrected chi connectivity index (χ3v) is 7.19. The van der Waals surface area contributed by atoms with Crippen molar-refractivity contribution in [3.8, 4) is 11.4 Å². The van der Waals surface area contributed by atoms with Gasteiger partial charge in [-0.2, -0.15) is 4.68 Å². The lowest BCUT2D eigenvalue weighted by molar-refractivity contribution is 0.769. The Bertz CT molecular complexity index is 1800. The van der Waals surface area contributed by atoms with E-state index in [1.54, 1.807) is 9.25 Å². The Morgan fingerprint density at radius 3 is 2.33 bits per heavy atom. The summed E-state index contributed by atoms with van der Waals surface area (Å²) in [5, 5.41) is 22.6. The smallest absolute Gasteiger partial charge is 0.267 e. The lowest BCUT2D eigenvalue weighted by Crippen LogP contribution is -2.22. The van der Waals surface area contributed by atoms with Crippen LogP contribution in [0.15, 0.2) is 76.7 Å². The Kier molecular flexibility index (Phi) is 5.37. The lowest BCUT2D eigenvalue weighted by atomic mass is 10.1. The molecule has 3 heterocycles. The maximum absolute atomic E-state index is 13.6. The first-order valence-electron chi connectivity index (χ1n) is 11.5. The molecule has 0 unspecified atom stereocenters. The summed E-state index contributed by atoms with van der Waals surface area (Å²) in [6.45, 7) is 6.07. The normalized spacial score (nSPS) is 11.5. The first-order chi connectivity index (χ1) is 17.5. The van der Waals surface area contributed by atoms with E-state index in [9.17, 15) is 4.79 Å². The molecule has 6 rings (SSSR count). The predicted octanol–water partition coefficient (Wildman–Crippen LogP) is 4.23. The van der Waals surface area contributed by atoms with Gasteiger partial charge in [0.2, 0.25) is 5.78 Å². The monoisotopic (exact) mass is 494 g/mol. The van der Waals surface area contributed by atoms with E-state index in [-0.39, 0.29) is 5.56 Å². The topological polar surface area (TPSA) is 95.8 Å². The lowest BCUT2D eigenvalue weighted by Gasteiger charge is -2.13. The summed E-state index contributed by atoms with van der Waals surface area (Å²) >= 11 is 1.47. The van der Waals surface area contributed by atoms with E-state index in [2.05, 4.69) is 25.7 Å². The summed E-state index contributed by atoms with van der Waals surface area (Å²) in [6, 6.07) is 21.4. The van der Waals surface area contributed by atoms with Crippen molar-refractivity contribution in [1.29, 1.82) is 0 Å². The summed E-state index contributed by atoms with van der Waals surface area (Å²) in [7, 11) is 0. The van der Waals surface area contributed by atoms with Crippen LogP contribution in [0.1, 0.15) is 22.5 Å². The summed E-state index contributed by atoms with van der Waals surface area (Å²) in [5.74, 6) is 1.63. The van der Waals surface area contributed by atoms with E-state index in [1.807, 2.05) is 91.9 Å². The summed E-state index contributed by atoms with van der Waals surface area (Å²) in [6.07, 6.45) is 0. The zero-order valence-electron chi connectivity index (χ0n) is 20.0. The van der Waals surface area contributed by atoms with Crippen LogP contribution in [0.4, 0.5) is 0 Å². The van der Waals surface area contributed by atoms with Gasteiger partial charge in [0.1, 0.15) is 0 Å². The van der Waals surface area contributed by atoms with Crippen LogP contribution in [-0.2, 0) is 5.75 Å². The molecule has 10 heteroatoms. The number of aryl methyl sites for hydroxylation is 3. The van der Waals surface area contributed by atoms with Crippen LogP contribution in [0.2, 0.25) is 0 Å². The van der Waals surface area contributed by atoms with Gasteiger partial charge >= 0.3 is 0 Å². The molecule has 0 fully saturated rings. The Morgan fingerprint density at radius 1 is 0.806 bits per heavy atom. The SMILES string of the molecule is Cc1ccccc1-n1c(=O)c2ccccc2n2c(SCc3nnnn3-c3c(C)cccc3C)nnc12. The number of para-hydroxylation sites is 3. The fraction of sp³-hybridized carbons (Fsp3) is 0.154. The molecule has 9 nitrogen and oxygen atoms in total. The Balaban J connectivity index is 1.48. The molecule has 3 aromatic carbocycles. The van der Waals surface area contributed by atoms with Gasteiger partial charge in [0.25, 0.3) is 5.56 Å². The molecule has 0 saturated heterocycles. The molecule has 0 aliphatic heterocycles. The van der Waals surface area contributed by atoms with Crippen molar-refractivity contribution in [3.05, 3.63) is 99.6 Å². The molecule has 0 N–H and O–H groups in total. The fourth-order valence-corrected chi connectivity index (χ4v) is 5.39.